The molecule has 1 aromatic rings. The maximum absolute atomic E-state index is 12.4. The van der Waals surface area contributed by atoms with Crippen molar-refractivity contribution in [3.05, 3.63) is 33.2 Å². The Kier molecular flexibility index (Phi) is 3.63. The fourth-order valence-corrected chi connectivity index (χ4v) is 2.54. The molecule has 0 bridgehead atoms. The van der Waals surface area contributed by atoms with Crippen LogP contribution in [0.4, 0.5) is 4.79 Å². The van der Waals surface area contributed by atoms with Crippen LogP contribution in [0.1, 0.15) is 62.4 Å². The Hall–Kier alpha value is -1.78. The van der Waals surface area contributed by atoms with Crippen molar-refractivity contribution in [2.24, 2.45) is 5.41 Å². The first-order valence-corrected chi connectivity index (χ1v) is 6.93. The van der Waals surface area contributed by atoms with Crippen LogP contribution in [0.2, 0.25) is 0 Å². The molecule has 1 aliphatic rings. The zero-order chi connectivity index (χ0) is 15.1. The summed E-state index contributed by atoms with van der Waals surface area (Å²) in [6.07, 6.45) is 1.12. The first-order valence-electron chi connectivity index (χ1n) is 6.93. The van der Waals surface area contributed by atoms with Gasteiger partial charge >= 0.3 is 6.09 Å². The van der Waals surface area contributed by atoms with Gasteiger partial charge in [-0.15, -0.1) is 0 Å². The molecule has 1 fully saturated rings. The summed E-state index contributed by atoms with van der Waals surface area (Å²) in [6, 6.07) is 1.45. The lowest BCUT2D eigenvalue weighted by Gasteiger charge is -2.31. The Morgan fingerprint density at radius 2 is 2.05 bits per heavy atom. The van der Waals surface area contributed by atoms with E-state index in [-0.39, 0.29) is 11.0 Å². The molecule has 1 atom stereocenters. The van der Waals surface area contributed by atoms with Crippen molar-refractivity contribution in [2.45, 2.75) is 52.5 Å². The van der Waals surface area contributed by atoms with Crippen molar-refractivity contribution in [2.75, 3.05) is 0 Å². The number of rotatable bonds is 3. The lowest BCUT2D eigenvalue weighted by atomic mass is 9.81. The molecule has 5 heteroatoms. The molecule has 0 aliphatic heterocycles. The highest BCUT2D eigenvalue weighted by Gasteiger charge is 2.32. The summed E-state index contributed by atoms with van der Waals surface area (Å²) in [5.74, 6) is 0.468. The molecule has 0 saturated heterocycles. The summed E-state index contributed by atoms with van der Waals surface area (Å²) in [7, 11) is 0. The highest BCUT2D eigenvalue weighted by molar-refractivity contribution is 5.65. The molecule has 0 spiro atoms. The molecule has 110 valence electrons. The highest BCUT2D eigenvalue weighted by atomic mass is 16.4. The normalized spacial score (nSPS) is 16.8. The molecular formula is C15H22N2O3. The van der Waals surface area contributed by atoms with Crippen LogP contribution < -0.4 is 10.9 Å². The SMILES string of the molecule is Cc1cc(C2CC2)[nH]c(=O)c1C(NC(=O)O)C(C)(C)C. The van der Waals surface area contributed by atoms with Crippen molar-refractivity contribution in [3.63, 3.8) is 0 Å². The minimum absolute atomic E-state index is 0.180. The number of hydrogen-bond acceptors (Lipinski definition) is 2. The first kappa shape index (κ1) is 14.6. The highest BCUT2D eigenvalue weighted by Crippen LogP contribution is 2.40. The number of amides is 1. The summed E-state index contributed by atoms with van der Waals surface area (Å²) >= 11 is 0. The average Bonchev–Trinajstić information content (AvgIpc) is 3.08. The summed E-state index contributed by atoms with van der Waals surface area (Å²) in [5, 5.41) is 11.5. The van der Waals surface area contributed by atoms with Gasteiger partial charge in [0, 0.05) is 11.3 Å². The molecule has 20 heavy (non-hydrogen) atoms. The van der Waals surface area contributed by atoms with Crippen LogP contribution in [0.3, 0.4) is 0 Å². The Labute approximate surface area is 118 Å². The molecule has 1 heterocycles. The van der Waals surface area contributed by atoms with E-state index in [1.165, 1.54) is 0 Å². The average molecular weight is 278 g/mol. The smallest absolute Gasteiger partial charge is 0.405 e. The largest absolute Gasteiger partial charge is 0.465 e. The predicted octanol–water partition coefficient (Wildman–Crippen LogP) is 2.92. The van der Waals surface area contributed by atoms with Gasteiger partial charge in [0.15, 0.2) is 0 Å². The van der Waals surface area contributed by atoms with E-state index in [4.69, 9.17) is 5.11 Å². The van der Waals surface area contributed by atoms with Gasteiger partial charge in [-0.1, -0.05) is 20.8 Å². The molecule has 0 aromatic carbocycles. The van der Waals surface area contributed by atoms with Gasteiger partial charge in [0.05, 0.1) is 6.04 Å². The Bertz CT molecular complexity index is 580. The number of aromatic amines is 1. The molecule has 2 rings (SSSR count). The van der Waals surface area contributed by atoms with Crippen molar-refractivity contribution in [1.82, 2.24) is 10.3 Å². The van der Waals surface area contributed by atoms with E-state index in [1.54, 1.807) is 0 Å². The van der Waals surface area contributed by atoms with E-state index in [9.17, 15) is 9.59 Å². The standard InChI is InChI=1S/C15H22N2O3/c1-8-7-10(9-5-6-9)16-13(18)11(8)12(15(2,3)4)17-14(19)20/h7,9,12,17H,5-6H2,1-4H3,(H,16,18)(H,19,20). The number of pyridine rings is 1. The molecule has 5 nitrogen and oxygen atoms in total. The molecule has 1 aliphatic carbocycles. The van der Waals surface area contributed by atoms with E-state index >= 15 is 0 Å². The number of H-pyrrole nitrogens is 1. The van der Waals surface area contributed by atoms with Gasteiger partial charge in [-0.3, -0.25) is 4.79 Å². The van der Waals surface area contributed by atoms with Crippen molar-refractivity contribution in [1.29, 1.82) is 0 Å². The quantitative estimate of drug-likeness (QED) is 0.795. The van der Waals surface area contributed by atoms with E-state index in [1.807, 2.05) is 33.8 Å². The Balaban J connectivity index is 2.47. The molecule has 1 unspecified atom stereocenters. The molecule has 1 amide bonds. The van der Waals surface area contributed by atoms with Gasteiger partial charge in [-0.25, -0.2) is 4.79 Å². The van der Waals surface area contributed by atoms with Crippen LogP contribution in [0.15, 0.2) is 10.9 Å². The van der Waals surface area contributed by atoms with Crippen LogP contribution in [0.5, 0.6) is 0 Å². The third-order valence-electron chi connectivity index (χ3n) is 3.74. The summed E-state index contributed by atoms with van der Waals surface area (Å²) in [5.41, 5.74) is 1.78. The van der Waals surface area contributed by atoms with Gasteiger partial charge < -0.3 is 15.4 Å². The number of hydrogen-bond donors (Lipinski definition) is 3. The summed E-state index contributed by atoms with van der Waals surface area (Å²) < 4.78 is 0. The van der Waals surface area contributed by atoms with Gasteiger partial charge in [-0.2, -0.15) is 0 Å². The number of nitrogens with one attached hydrogen (secondary N) is 2. The Morgan fingerprint density at radius 3 is 2.45 bits per heavy atom. The van der Waals surface area contributed by atoms with Gasteiger partial charge in [0.25, 0.3) is 5.56 Å². The number of aryl methyl sites for hydroxylation is 1. The second-order valence-electron chi connectivity index (χ2n) is 6.67. The zero-order valence-electron chi connectivity index (χ0n) is 12.4. The number of carboxylic acid groups (broad SMARTS) is 1. The molecule has 1 saturated carbocycles. The Morgan fingerprint density at radius 1 is 1.45 bits per heavy atom. The third kappa shape index (κ3) is 3.03. The fraction of sp³-hybridized carbons (Fsp3) is 0.600. The summed E-state index contributed by atoms with van der Waals surface area (Å²) in [6.45, 7) is 7.63. The molecule has 1 aromatic heterocycles. The molecule has 3 N–H and O–H groups in total. The maximum Gasteiger partial charge on any atom is 0.405 e. The van der Waals surface area contributed by atoms with E-state index in [0.717, 1.165) is 24.1 Å². The lowest BCUT2D eigenvalue weighted by Crippen LogP contribution is -2.39. The predicted molar refractivity (Wildman–Crippen MR) is 77.1 cm³/mol. The fourth-order valence-electron chi connectivity index (χ4n) is 2.54. The second-order valence-corrected chi connectivity index (χ2v) is 6.67. The van der Waals surface area contributed by atoms with Gasteiger partial charge in [0.1, 0.15) is 0 Å². The van der Waals surface area contributed by atoms with Crippen molar-refractivity contribution < 1.29 is 9.90 Å². The van der Waals surface area contributed by atoms with Crippen LogP contribution in [-0.4, -0.2) is 16.2 Å². The van der Waals surface area contributed by atoms with Crippen molar-refractivity contribution in [3.8, 4) is 0 Å². The van der Waals surface area contributed by atoms with E-state index < -0.39 is 12.1 Å². The molecular weight excluding hydrogens is 256 g/mol. The third-order valence-corrected chi connectivity index (χ3v) is 3.74. The van der Waals surface area contributed by atoms with E-state index in [0.29, 0.717) is 11.5 Å². The number of aromatic nitrogens is 1. The van der Waals surface area contributed by atoms with Crippen LogP contribution in [-0.2, 0) is 0 Å². The lowest BCUT2D eigenvalue weighted by molar-refractivity contribution is 0.174. The van der Waals surface area contributed by atoms with E-state index in [2.05, 4.69) is 10.3 Å². The summed E-state index contributed by atoms with van der Waals surface area (Å²) in [4.78, 5) is 26.3. The molecule has 0 radical (unpaired) electrons. The van der Waals surface area contributed by atoms with Gasteiger partial charge in [-0.05, 0) is 42.7 Å². The van der Waals surface area contributed by atoms with Crippen LogP contribution in [0.25, 0.3) is 0 Å². The topological polar surface area (TPSA) is 82.2 Å². The minimum atomic E-state index is -1.12. The zero-order valence-corrected chi connectivity index (χ0v) is 12.4. The van der Waals surface area contributed by atoms with Crippen molar-refractivity contribution >= 4 is 6.09 Å². The van der Waals surface area contributed by atoms with Crippen LogP contribution >= 0.6 is 0 Å². The second kappa shape index (κ2) is 4.96. The van der Waals surface area contributed by atoms with Gasteiger partial charge in [0.2, 0.25) is 0 Å². The minimum Gasteiger partial charge on any atom is -0.465 e. The first-order chi connectivity index (χ1) is 9.20. The maximum atomic E-state index is 12.4. The number of carbonyl (C=O) groups is 1. The van der Waals surface area contributed by atoms with Crippen LogP contribution in [0, 0.1) is 12.3 Å². The monoisotopic (exact) mass is 278 g/mol.